The van der Waals surface area contributed by atoms with Crippen molar-refractivity contribution in [3.63, 3.8) is 0 Å². The van der Waals surface area contributed by atoms with Gasteiger partial charge in [0.2, 0.25) is 6.29 Å². The average molecular weight is 1440 g/mol. The second kappa shape index (κ2) is 38.4. The van der Waals surface area contributed by atoms with Crippen LogP contribution in [0, 0.1) is 11.8 Å². The van der Waals surface area contributed by atoms with Crippen LogP contribution in [-0.2, 0) is 58.7 Å². The maximum absolute atomic E-state index is 12.6. The van der Waals surface area contributed by atoms with Gasteiger partial charge in [-0.3, -0.25) is 9.88 Å². The number of nitrogens with one attached hydrogen (secondary N) is 1. The molecular weight excluding hydrogens is 1330 g/mol. The van der Waals surface area contributed by atoms with E-state index in [9.17, 15) is 49.5 Å². The summed E-state index contributed by atoms with van der Waals surface area (Å²) in [4.78, 5) is 65.2. The summed E-state index contributed by atoms with van der Waals surface area (Å²) in [6.07, 6.45) is -5.34. The van der Waals surface area contributed by atoms with Gasteiger partial charge in [0.15, 0.2) is 17.6 Å². The molecule has 20 atom stereocenters. The van der Waals surface area contributed by atoms with E-state index in [1.165, 1.54) is 26.1 Å². The summed E-state index contributed by atoms with van der Waals surface area (Å²) >= 11 is 0. The standard InChI is InChI=1S/C22H24O5.C18H21N3O7.C15H19BO3.C9H15BO4.C6H11BO4.4CH4/c1-4-18-15(2)22(3,27-20(24)17-13-9-6-10-14-17)21(25-18)26-19(23)16-11-7-5-8-12-16;1-18(26)14(23)12(9-22)28-15(18)21-8-7-13(19-16(21)24)20-17(25)27-10-11-5-3-2-4-6-11;1-4-12-10(2)15(3,14(16)18-12)19-13(17)11-8-6-5-7-9-11;1-8(2)13-6-5(4-11)12-7(10)9(6,3)14-8;1-6(10)4(9)3(2-8)11-5(6)7;;;;/h5-15,18,21H,4H2,1-3H3;2-8,12,14-15,22-23,26H,9-10H2,1H3,(H,19,20,24,25);5-10,12,14H,4H2,1-3H3;5-7,11H,4H2,1-3H3;3-5,8-10H,2H2,1H3;4*1H4/t15-,18-,21?,22-;12-,14-,15-,18-;10-,12-,14-,15-;5-,6-,7-,9-;3-,4-,5-,6-;;;;/m11111..../s1. The molecule has 6 radical (unpaired) electrons. The Bertz CT molecular complexity index is 3500. The highest BCUT2D eigenvalue weighted by atomic mass is 16.8. The zero-order valence-corrected chi connectivity index (χ0v) is 57.4. The maximum Gasteiger partial charge on any atom is 0.413 e. The van der Waals surface area contributed by atoms with Gasteiger partial charge in [-0.15, -0.1) is 0 Å². The second-order valence-electron chi connectivity index (χ2n) is 26.2. The zero-order valence-electron chi connectivity index (χ0n) is 57.4. The Morgan fingerprint density at radius 3 is 1.42 bits per heavy atom. The van der Waals surface area contributed by atoms with Gasteiger partial charge in [0, 0.05) is 30.0 Å². The van der Waals surface area contributed by atoms with E-state index in [0.29, 0.717) is 16.7 Å². The fourth-order valence-electron chi connectivity index (χ4n) is 12.0. The molecule has 7 heterocycles. The van der Waals surface area contributed by atoms with Crippen molar-refractivity contribution in [3.8, 4) is 0 Å². The molecule has 564 valence electrons. The number of benzene rings is 4. The van der Waals surface area contributed by atoms with Gasteiger partial charge in [0.05, 0.1) is 54.7 Å². The van der Waals surface area contributed by atoms with Crippen LogP contribution in [0.3, 0.4) is 0 Å². The average Bonchev–Trinajstić information content (AvgIpc) is 1.59. The fraction of sp³-hybridized carbons (Fsp3) is 0.568. The normalized spacial score (nSPS) is 33.1. The summed E-state index contributed by atoms with van der Waals surface area (Å²) in [6.45, 7) is 18.9. The Hall–Kier alpha value is -6.93. The van der Waals surface area contributed by atoms with E-state index in [1.54, 1.807) is 79.7 Å². The van der Waals surface area contributed by atoms with Crippen LogP contribution in [0.15, 0.2) is 138 Å². The molecule has 6 aliphatic rings. The van der Waals surface area contributed by atoms with Crippen LogP contribution in [0.2, 0.25) is 0 Å². The Kier molecular flexibility index (Phi) is 33.6. The highest BCUT2D eigenvalue weighted by Crippen LogP contribution is 2.46. The molecule has 6 fully saturated rings. The van der Waals surface area contributed by atoms with Gasteiger partial charge in [-0.1, -0.05) is 142 Å². The molecule has 8 N–H and O–H groups in total. The third-order valence-electron chi connectivity index (χ3n) is 18.6. The summed E-state index contributed by atoms with van der Waals surface area (Å²) < 4.78 is 61.7. The molecule has 1 amide bonds. The molecule has 26 nitrogen and oxygen atoms in total. The molecule has 1 unspecified atom stereocenters. The summed E-state index contributed by atoms with van der Waals surface area (Å²) in [7, 11) is 17.1. The first kappa shape index (κ1) is 90.3. The van der Waals surface area contributed by atoms with Gasteiger partial charge in [-0.05, 0) is 109 Å². The lowest BCUT2D eigenvalue weighted by molar-refractivity contribution is -0.195. The van der Waals surface area contributed by atoms with Crippen molar-refractivity contribution in [2.45, 2.75) is 238 Å². The second-order valence-corrected chi connectivity index (χ2v) is 26.2. The topological polar surface area (TPSA) is 358 Å². The van der Waals surface area contributed by atoms with Gasteiger partial charge in [-0.2, -0.15) is 4.98 Å². The van der Waals surface area contributed by atoms with Gasteiger partial charge in [-0.25, -0.2) is 24.0 Å². The Morgan fingerprint density at radius 1 is 0.553 bits per heavy atom. The Morgan fingerprint density at radius 2 is 0.981 bits per heavy atom. The van der Waals surface area contributed by atoms with E-state index in [1.807, 2.05) is 104 Å². The SMILES string of the molecule is C.C.C.C.CC[C@H]1OC(OC(=O)c2ccccc2)[C@](C)(OC(=O)c2ccccc2)[C@@H]1C.C[C@@]1(O)[C@H](O)[C@@H](CO)O[C@H]1n1ccc(NC(=O)OCc2ccccc2)nc1=O.[B][C@@H]1O[C@H](CC)[C@@H](C)[C@@]1(C)OC(=O)c1ccccc1.[B][C@@H]1O[C@H](CO)[C@@H](O)[C@@]1(C)O.[B][C@@H]1O[C@H](CO)[C@H]2OC(C)(C)O[C@@]12C. The lowest BCUT2D eigenvalue weighted by atomic mass is 9.77. The smallest absolute Gasteiger partial charge is 0.413 e. The minimum Gasteiger partial charge on any atom is -0.453 e. The highest BCUT2D eigenvalue weighted by Gasteiger charge is 2.62. The number of aromatic nitrogens is 2. The zero-order chi connectivity index (χ0) is 73.0. The van der Waals surface area contributed by atoms with Gasteiger partial charge < -0.3 is 87.9 Å². The van der Waals surface area contributed by atoms with Crippen molar-refractivity contribution in [2.75, 3.05) is 25.1 Å². The van der Waals surface area contributed by atoms with E-state index in [4.69, 9.17) is 85.9 Å². The molecule has 0 aliphatic carbocycles. The van der Waals surface area contributed by atoms with Crippen LogP contribution in [0.1, 0.15) is 162 Å². The van der Waals surface area contributed by atoms with Gasteiger partial charge >= 0.3 is 29.7 Å². The lowest BCUT2D eigenvalue weighted by Gasteiger charge is -2.32. The minimum atomic E-state index is -1.82. The van der Waals surface area contributed by atoms with Crippen LogP contribution in [0.5, 0.6) is 0 Å². The molecule has 103 heavy (non-hydrogen) atoms. The van der Waals surface area contributed by atoms with Crippen molar-refractivity contribution in [1.82, 2.24) is 9.55 Å². The Labute approximate surface area is 609 Å². The number of rotatable bonds is 15. The van der Waals surface area contributed by atoms with Crippen molar-refractivity contribution >= 4 is 53.4 Å². The summed E-state index contributed by atoms with van der Waals surface area (Å²) in [5.41, 5.74) is -4.43. The number of carbonyl (C=O) groups excluding carboxylic acids is 4. The molecule has 11 rings (SSSR count). The number of anilines is 1. The minimum absolute atomic E-state index is 0. The van der Waals surface area contributed by atoms with Crippen LogP contribution in [0.4, 0.5) is 10.6 Å². The summed E-state index contributed by atoms with van der Waals surface area (Å²) in [6, 6.07) is 34.7. The Balaban J connectivity index is 0.000000343. The predicted molar refractivity (Wildman–Crippen MR) is 386 cm³/mol. The van der Waals surface area contributed by atoms with E-state index in [-0.39, 0.29) is 91.5 Å². The first-order valence-corrected chi connectivity index (χ1v) is 32.6. The molecule has 4 aromatic carbocycles. The fourth-order valence-corrected chi connectivity index (χ4v) is 12.0. The molecule has 0 spiro atoms. The third-order valence-corrected chi connectivity index (χ3v) is 18.6. The number of carbonyl (C=O) groups is 4. The number of amides is 1. The molecule has 6 saturated heterocycles. The number of nitrogens with zero attached hydrogens (tertiary/aromatic N) is 2. The molecule has 0 saturated carbocycles. The number of hydrogen-bond acceptors (Lipinski definition) is 24. The van der Waals surface area contributed by atoms with E-state index in [0.717, 1.165) is 23.0 Å². The van der Waals surface area contributed by atoms with E-state index in [2.05, 4.69) is 10.3 Å². The molecule has 0 bridgehead atoms. The number of aliphatic hydroxyl groups is 7. The van der Waals surface area contributed by atoms with E-state index < -0.39 is 125 Å². The van der Waals surface area contributed by atoms with Crippen LogP contribution in [0.25, 0.3) is 0 Å². The predicted octanol–water partition coefficient (Wildman–Crippen LogP) is 7.08. The first-order chi connectivity index (χ1) is 46.6. The van der Waals surface area contributed by atoms with Crippen LogP contribution >= 0.6 is 0 Å². The third kappa shape index (κ3) is 21.0. The van der Waals surface area contributed by atoms with Crippen molar-refractivity contribution in [2.24, 2.45) is 11.8 Å². The monoisotopic (exact) mass is 1440 g/mol. The first-order valence-electron chi connectivity index (χ1n) is 32.6. The number of ether oxygens (including phenoxy) is 11. The maximum atomic E-state index is 12.6. The molecule has 1 aromatic heterocycles. The quantitative estimate of drug-likeness (QED) is 0.0295. The summed E-state index contributed by atoms with van der Waals surface area (Å²) in [5.74, 6) is -2.10. The molecule has 5 aromatic rings. The molecular formula is C74H106B3N3O23. The lowest BCUT2D eigenvalue weighted by Crippen LogP contribution is -2.46. The summed E-state index contributed by atoms with van der Waals surface area (Å²) in [5, 5.41) is 68.4. The number of hydrogen-bond donors (Lipinski definition) is 8. The van der Waals surface area contributed by atoms with Gasteiger partial charge in [0.1, 0.15) is 95.0 Å². The number of aliphatic hydroxyl groups excluding tert-OH is 5. The molecule has 6 aliphatic heterocycles. The molecule has 29 heteroatoms. The van der Waals surface area contributed by atoms with Crippen molar-refractivity contribution in [3.05, 3.63) is 166 Å². The van der Waals surface area contributed by atoms with Crippen LogP contribution in [-0.4, -0.2) is 220 Å². The van der Waals surface area contributed by atoms with Crippen molar-refractivity contribution in [1.29, 1.82) is 0 Å². The number of esters is 3. The van der Waals surface area contributed by atoms with Crippen LogP contribution < -0.4 is 11.0 Å². The largest absolute Gasteiger partial charge is 0.453 e. The van der Waals surface area contributed by atoms with Gasteiger partial charge in [0.25, 0.3) is 0 Å². The highest BCUT2D eigenvalue weighted by molar-refractivity contribution is 6.13. The van der Waals surface area contributed by atoms with Crippen molar-refractivity contribution < 1.29 is 107 Å². The number of fused-ring (bicyclic) bond motifs is 1. The van der Waals surface area contributed by atoms with E-state index >= 15 is 0 Å².